The van der Waals surface area contributed by atoms with E-state index in [1.165, 1.54) is 0 Å². The Morgan fingerprint density at radius 1 is 0.750 bits per heavy atom. The fourth-order valence-electron chi connectivity index (χ4n) is 0. The molecule has 0 atom stereocenters. The summed E-state index contributed by atoms with van der Waals surface area (Å²) in [7, 11) is 0. The van der Waals surface area contributed by atoms with Crippen molar-refractivity contribution in [2.24, 2.45) is 0 Å². The molecule has 3 N–H and O–H groups in total. The van der Waals surface area contributed by atoms with E-state index in [9.17, 15) is 0 Å². The second kappa shape index (κ2) is 18.5. The quantitative estimate of drug-likeness (QED) is 0.445. The molecule has 0 saturated heterocycles. The third kappa shape index (κ3) is 8.85. The molecule has 0 aliphatic carbocycles. The predicted octanol–water partition coefficient (Wildman–Crippen LogP) is -0.261. The van der Waals surface area contributed by atoms with Gasteiger partial charge < -0.3 is 6.15 Å². The molecule has 0 spiro atoms. The second-order valence-corrected chi connectivity index (χ2v) is 0. The molecule has 0 unspecified atom stereocenters. The molecule has 0 rings (SSSR count). The molecule has 0 amide bonds. The predicted molar refractivity (Wildman–Crippen MR) is 32.9 cm³/mol. The Bertz CT molecular complexity index is 6.00. The summed E-state index contributed by atoms with van der Waals surface area (Å²) in [6.45, 7) is 0. The summed E-state index contributed by atoms with van der Waals surface area (Å²) < 4.78 is 0. The Kier molecular flexibility index (Phi) is 155. The average Bonchev–Trinajstić information content (AvgIpc) is 0. The van der Waals surface area contributed by atoms with Crippen LogP contribution in [0.3, 0.4) is 0 Å². The van der Waals surface area contributed by atoms with E-state index < -0.39 is 0 Å². The van der Waals surface area contributed by atoms with Crippen LogP contribution in [0.1, 0.15) is 0 Å². The van der Waals surface area contributed by atoms with Gasteiger partial charge in [-0.3, -0.25) is 0 Å². The van der Waals surface area contributed by atoms with E-state index >= 15 is 0 Å². The molecule has 0 bridgehead atoms. The van der Waals surface area contributed by atoms with E-state index in [1.807, 2.05) is 0 Å². The zero-order valence-electron chi connectivity index (χ0n) is 1.71. The monoisotopic (exact) mass is 125 g/mol. The van der Waals surface area contributed by atoms with Crippen molar-refractivity contribution in [3.63, 3.8) is 0 Å². The Morgan fingerprint density at radius 2 is 0.750 bits per heavy atom. The van der Waals surface area contributed by atoms with Gasteiger partial charge in [-0.2, -0.15) is 27.0 Å². The maximum atomic E-state index is 0. The molecular weight excluding hydrogens is 117 g/mol. The molecule has 4 heteroatoms. The molecule has 0 saturated carbocycles. The van der Waals surface area contributed by atoms with Crippen molar-refractivity contribution in [2.75, 3.05) is 0 Å². The third-order valence-corrected chi connectivity index (χ3v) is 0. The molecule has 0 aromatic rings. The zero-order valence-corrected chi connectivity index (χ0v) is 3.71. The summed E-state index contributed by atoms with van der Waals surface area (Å²) in [6.07, 6.45) is 0. The van der Waals surface area contributed by atoms with Crippen LogP contribution >= 0.6 is 27.0 Å². The molecule has 0 radical (unpaired) electrons. The zero-order chi connectivity index (χ0) is 0. The van der Waals surface area contributed by atoms with Crippen molar-refractivity contribution in [3.05, 3.63) is 0 Å². The molecule has 0 aromatic carbocycles. The minimum atomic E-state index is 0. The molecule has 0 heterocycles. The van der Waals surface area contributed by atoms with Crippen molar-refractivity contribution in [1.82, 2.24) is 6.15 Å². The van der Waals surface area contributed by atoms with Gasteiger partial charge in [-0.1, -0.05) is 0 Å². The topological polar surface area (TPSA) is 35.0 Å². The van der Waals surface area contributed by atoms with Gasteiger partial charge in [0.15, 0.2) is 0 Å². The summed E-state index contributed by atoms with van der Waals surface area (Å²) in [6, 6.07) is 0. The SMILES string of the molecule is N.S.S.[KH]. The fourth-order valence-corrected chi connectivity index (χ4v) is 0. The normalized spacial score (nSPS) is 0. The Hall–Kier alpha value is 2.30. The first kappa shape index (κ1) is 33.5. The van der Waals surface area contributed by atoms with Gasteiger partial charge in [0.2, 0.25) is 0 Å². The van der Waals surface area contributed by atoms with E-state index in [0.29, 0.717) is 0 Å². The van der Waals surface area contributed by atoms with Crippen LogP contribution in [0.2, 0.25) is 0 Å². The van der Waals surface area contributed by atoms with Crippen molar-refractivity contribution >= 4 is 78.4 Å². The van der Waals surface area contributed by atoms with E-state index in [2.05, 4.69) is 0 Å². The second-order valence-electron chi connectivity index (χ2n) is 0. The molecule has 26 valence electrons. The van der Waals surface area contributed by atoms with E-state index in [-0.39, 0.29) is 84.5 Å². The summed E-state index contributed by atoms with van der Waals surface area (Å²) in [5.41, 5.74) is 0. The minimum absolute atomic E-state index is 0. The van der Waals surface area contributed by atoms with Gasteiger partial charge in [-0.05, 0) is 0 Å². The summed E-state index contributed by atoms with van der Waals surface area (Å²) in [5, 5.41) is 0. The Balaban J connectivity index is 0. The first-order chi connectivity index (χ1) is 0. The van der Waals surface area contributed by atoms with Crippen molar-refractivity contribution in [2.45, 2.75) is 0 Å². The van der Waals surface area contributed by atoms with Gasteiger partial charge in [0.05, 0.1) is 0 Å². The van der Waals surface area contributed by atoms with Crippen LogP contribution in [-0.4, -0.2) is 51.4 Å². The third-order valence-electron chi connectivity index (χ3n) is 0. The standard InChI is InChI=1S/K.H3N.2H2S.H/h;1H3;2*1H2;. The van der Waals surface area contributed by atoms with Gasteiger partial charge in [0.25, 0.3) is 0 Å². The Morgan fingerprint density at radius 3 is 0.750 bits per heavy atom. The maximum absolute atomic E-state index is 0. The first-order valence-electron chi connectivity index (χ1n) is 0. The van der Waals surface area contributed by atoms with Crippen LogP contribution in [0, 0.1) is 0 Å². The molecule has 0 aromatic heterocycles. The number of rotatable bonds is 0. The van der Waals surface area contributed by atoms with Crippen LogP contribution in [-0.2, 0) is 0 Å². The molecule has 4 heavy (non-hydrogen) atoms. The molecule has 1 nitrogen and oxygen atoms in total. The van der Waals surface area contributed by atoms with E-state index in [0.717, 1.165) is 0 Å². The van der Waals surface area contributed by atoms with E-state index in [1.54, 1.807) is 0 Å². The van der Waals surface area contributed by atoms with Crippen LogP contribution in [0.5, 0.6) is 0 Å². The molecule has 0 aliphatic rings. The van der Waals surface area contributed by atoms with Crippen LogP contribution in [0.25, 0.3) is 0 Å². The Labute approximate surface area is 82.8 Å². The number of hydrogen-bond acceptors (Lipinski definition) is 1. The van der Waals surface area contributed by atoms with Gasteiger partial charge in [0, 0.05) is 0 Å². The first-order valence-corrected chi connectivity index (χ1v) is 0. The van der Waals surface area contributed by atoms with Crippen molar-refractivity contribution < 1.29 is 0 Å². The van der Waals surface area contributed by atoms with Gasteiger partial charge in [-0.25, -0.2) is 0 Å². The van der Waals surface area contributed by atoms with Gasteiger partial charge in [-0.15, -0.1) is 0 Å². The average molecular weight is 125 g/mol. The van der Waals surface area contributed by atoms with Gasteiger partial charge in [0.1, 0.15) is 0 Å². The van der Waals surface area contributed by atoms with Crippen LogP contribution in [0.15, 0.2) is 0 Å². The van der Waals surface area contributed by atoms with Crippen molar-refractivity contribution in [1.29, 1.82) is 0 Å². The summed E-state index contributed by atoms with van der Waals surface area (Å²) in [4.78, 5) is 0. The van der Waals surface area contributed by atoms with Gasteiger partial charge >= 0.3 is 51.4 Å². The van der Waals surface area contributed by atoms with Crippen molar-refractivity contribution in [3.8, 4) is 0 Å². The fraction of sp³-hybridized carbons (Fsp3) is 0. The summed E-state index contributed by atoms with van der Waals surface area (Å²) in [5.74, 6) is 0. The molecular formula is H8KNS2. The number of hydrogen-bond donors (Lipinski definition) is 1. The molecule has 0 aliphatic heterocycles. The van der Waals surface area contributed by atoms with Crippen LogP contribution < -0.4 is 6.15 Å². The summed E-state index contributed by atoms with van der Waals surface area (Å²) >= 11 is 0. The molecule has 0 fully saturated rings. The van der Waals surface area contributed by atoms with E-state index in [4.69, 9.17) is 0 Å². The van der Waals surface area contributed by atoms with Crippen LogP contribution in [0.4, 0.5) is 0 Å².